The van der Waals surface area contributed by atoms with E-state index in [1.807, 2.05) is 6.07 Å². The van der Waals surface area contributed by atoms with Crippen LogP contribution in [0.15, 0.2) is 18.2 Å². The van der Waals surface area contributed by atoms with Crippen LogP contribution in [0.2, 0.25) is 0 Å². The Kier molecular flexibility index (Phi) is 5.47. The molecule has 1 unspecified atom stereocenters. The molecule has 0 aliphatic rings. The van der Waals surface area contributed by atoms with Crippen LogP contribution in [0.3, 0.4) is 0 Å². The molecule has 1 nitrogen and oxygen atoms in total. The first-order valence-corrected chi connectivity index (χ1v) is 6.16. The largest absolute Gasteiger partial charge is 0.324 e. The lowest BCUT2D eigenvalue weighted by Gasteiger charge is -2.12. The lowest BCUT2D eigenvalue weighted by molar-refractivity contribution is 0.563. The molecule has 90 valence electrons. The third kappa shape index (κ3) is 3.93. The van der Waals surface area contributed by atoms with Crippen molar-refractivity contribution in [2.45, 2.75) is 52.0 Å². The lowest BCUT2D eigenvalue weighted by atomic mass is 9.99. The monoisotopic (exact) mass is 223 g/mol. The fraction of sp³-hybridized carbons (Fsp3) is 0.571. The Bertz CT molecular complexity index is 323. The van der Waals surface area contributed by atoms with Gasteiger partial charge < -0.3 is 5.73 Å². The van der Waals surface area contributed by atoms with E-state index in [0.29, 0.717) is 5.56 Å². The van der Waals surface area contributed by atoms with Gasteiger partial charge in [0.25, 0.3) is 0 Å². The average molecular weight is 223 g/mol. The molecule has 0 aromatic heterocycles. The van der Waals surface area contributed by atoms with E-state index < -0.39 is 0 Å². The minimum absolute atomic E-state index is 0.0520. The van der Waals surface area contributed by atoms with Gasteiger partial charge in [-0.2, -0.15) is 0 Å². The zero-order chi connectivity index (χ0) is 12.0. The van der Waals surface area contributed by atoms with Gasteiger partial charge in [-0.1, -0.05) is 44.7 Å². The lowest BCUT2D eigenvalue weighted by Crippen LogP contribution is -2.10. The molecule has 2 N–H and O–H groups in total. The van der Waals surface area contributed by atoms with E-state index in [0.717, 1.165) is 18.4 Å². The third-order valence-corrected chi connectivity index (χ3v) is 2.98. The molecule has 0 saturated carbocycles. The van der Waals surface area contributed by atoms with E-state index in [-0.39, 0.29) is 11.9 Å². The Hall–Kier alpha value is -0.890. The zero-order valence-corrected chi connectivity index (χ0v) is 10.3. The van der Waals surface area contributed by atoms with Crippen LogP contribution in [0.5, 0.6) is 0 Å². The highest BCUT2D eigenvalue weighted by molar-refractivity contribution is 5.26. The first kappa shape index (κ1) is 13.2. The number of rotatable bonds is 6. The number of nitrogens with two attached hydrogens (primary N) is 1. The molecule has 0 fully saturated rings. The molecule has 0 radical (unpaired) electrons. The van der Waals surface area contributed by atoms with Crippen LogP contribution >= 0.6 is 0 Å². The van der Waals surface area contributed by atoms with Crippen LogP contribution in [0.4, 0.5) is 4.39 Å². The molecule has 2 heteroatoms. The van der Waals surface area contributed by atoms with Gasteiger partial charge in [-0.25, -0.2) is 4.39 Å². The predicted molar refractivity (Wildman–Crippen MR) is 66.8 cm³/mol. The summed E-state index contributed by atoms with van der Waals surface area (Å²) >= 11 is 0. The maximum Gasteiger partial charge on any atom is 0.126 e. The molecule has 1 aromatic carbocycles. The second kappa shape index (κ2) is 6.64. The van der Waals surface area contributed by atoms with E-state index in [1.165, 1.54) is 25.3 Å². The van der Waals surface area contributed by atoms with E-state index in [9.17, 15) is 4.39 Å². The summed E-state index contributed by atoms with van der Waals surface area (Å²) in [5.74, 6) is -0.151. The standard InChI is InChI=1S/C14H22FN/c1-3-4-5-6-7-14(16)12-8-9-13(15)11(2)10-12/h8-10,14H,3-7,16H2,1-2H3. The van der Waals surface area contributed by atoms with E-state index >= 15 is 0 Å². The quantitative estimate of drug-likeness (QED) is 0.722. The smallest absolute Gasteiger partial charge is 0.126 e. The highest BCUT2D eigenvalue weighted by Crippen LogP contribution is 2.20. The number of unbranched alkanes of at least 4 members (excludes halogenated alkanes) is 3. The van der Waals surface area contributed by atoms with Gasteiger partial charge in [-0.15, -0.1) is 0 Å². The second-order valence-electron chi connectivity index (χ2n) is 4.46. The molecule has 16 heavy (non-hydrogen) atoms. The Balaban J connectivity index is 2.46. The first-order valence-electron chi connectivity index (χ1n) is 6.16. The van der Waals surface area contributed by atoms with Crippen molar-refractivity contribution in [2.75, 3.05) is 0 Å². The Morgan fingerprint density at radius 3 is 2.62 bits per heavy atom. The Morgan fingerprint density at radius 2 is 2.00 bits per heavy atom. The van der Waals surface area contributed by atoms with Crippen molar-refractivity contribution >= 4 is 0 Å². The van der Waals surface area contributed by atoms with Crippen molar-refractivity contribution in [3.8, 4) is 0 Å². The van der Waals surface area contributed by atoms with Crippen molar-refractivity contribution in [2.24, 2.45) is 5.73 Å². The minimum Gasteiger partial charge on any atom is -0.324 e. The van der Waals surface area contributed by atoms with Gasteiger partial charge >= 0.3 is 0 Å². The van der Waals surface area contributed by atoms with Crippen LogP contribution < -0.4 is 5.73 Å². The van der Waals surface area contributed by atoms with Gasteiger partial charge in [0.2, 0.25) is 0 Å². The van der Waals surface area contributed by atoms with Crippen LogP contribution in [0.25, 0.3) is 0 Å². The summed E-state index contributed by atoms with van der Waals surface area (Å²) in [5, 5.41) is 0. The number of hydrogen-bond donors (Lipinski definition) is 1. The summed E-state index contributed by atoms with van der Waals surface area (Å²) in [6, 6.07) is 5.22. The molecule has 0 spiro atoms. The molecule has 1 atom stereocenters. The van der Waals surface area contributed by atoms with Crippen LogP contribution in [0, 0.1) is 12.7 Å². The molecule has 0 aliphatic carbocycles. The highest BCUT2D eigenvalue weighted by Gasteiger charge is 2.07. The molecule has 0 saturated heterocycles. The van der Waals surface area contributed by atoms with Gasteiger partial charge in [0.15, 0.2) is 0 Å². The average Bonchev–Trinajstić information content (AvgIpc) is 2.28. The molecule has 0 aliphatic heterocycles. The van der Waals surface area contributed by atoms with E-state index in [2.05, 4.69) is 6.92 Å². The summed E-state index contributed by atoms with van der Waals surface area (Å²) < 4.78 is 13.1. The molecular formula is C14H22FN. The van der Waals surface area contributed by atoms with Gasteiger partial charge in [-0.3, -0.25) is 0 Å². The summed E-state index contributed by atoms with van der Waals surface area (Å²) in [6.07, 6.45) is 5.90. The topological polar surface area (TPSA) is 26.0 Å². The van der Waals surface area contributed by atoms with Crippen molar-refractivity contribution in [3.63, 3.8) is 0 Å². The fourth-order valence-corrected chi connectivity index (χ4v) is 1.86. The molecule has 1 rings (SSSR count). The zero-order valence-electron chi connectivity index (χ0n) is 10.3. The Morgan fingerprint density at radius 1 is 1.25 bits per heavy atom. The summed E-state index contributed by atoms with van der Waals surface area (Å²) in [4.78, 5) is 0. The molecule has 0 amide bonds. The summed E-state index contributed by atoms with van der Waals surface area (Å²) in [7, 11) is 0. The van der Waals surface area contributed by atoms with Crippen molar-refractivity contribution in [1.29, 1.82) is 0 Å². The minimum atomic E-state index is -0.151. The van der Waals surface area contributed by atoms with Crippen LogP contribution in [-0.4, -0.2) is 0 Å². The fourth-order valence-electron chi connectivity index (χ4n) is 1.86. The SMILES string of the molecule is CCCCCCC(N)c1ccc(F)c(C)c1. The molecule has 1 aromatic rings. The molecule has 0 heterocycles. The van der Waals surface area contributed by atoms with Gasteiger partial charge in [0.05, 0.1) is 0 Å². The van der Waals surface area contributed by atoms with Crippen LogP contribution in [-0.2, 0) is 0 Å². The van der Waals surface area contributed by atoms with Crippen molar-refractivity contribution in [1.82, 2.24) is 0 Å². The third-order valence-electron chi connectivity index (χ3n) is 2.98. The molecule has 0 bridgehead atoms. The number of hydrogen-bond acceptors (Lipinski definition) is 1. The van der Waals surface area contributed by atoms with Gasteiger partial charge in [0, 0.05) is 6.04 Å². The van der Waals surface area contributed by atoms with E-state index in [4.69, 9.17) is 5.73 Å². The van der Waals surface area contributed by atoms with Crippen molar-refractivity contribution in [3.05, 3.63) is 35.1 Å². The highest BCUT2D eigenvalue weighted by atomic mass is 19.1. The van der Waals surface area contributed by atoms with E-state index in [1.54, 1.807) is 13.0 Å². The van der Waals surface area contributed by atoms with Crippen molar-refractivity contribution < 1.29 is 4.39 Å². The van der Waals surface area contributed by atoms with Crippen LogP contribution in [0.1, 0.15) is 56.2 Å². The summed E-state index contributed by atoms with van der Waals surface area (Å²) in [6.45, 7) is 3.98. The number of halogens is 1. The maximum absolute atomic E-state index is 13.1. The Labute approximate surface area is 97.9 Å². The second-order valence-corrected chi connectivity index (χ2v) is 4.46. The van der Waals surface area contributed by atoms with Gasteiger partial charge in [0.1, 0.15) is 5.82 Å². The molecular weight excluding hydrogens is 201 g/mol. The number of benzene rings is 1. The first-order chi connectivity index (χ1) is 7.65. The van der Waals surface area contributed by atoms with Gasteiger partial charge in [-0.05, 0) is 30.5 Å². The number of aryl methyl sites for hydroxylation is 1. The maximum atomic E-state index is 13.1. The summed E-state index contributed by atoms with van der Waals surface area (Å²) in [5.41, 5.74) is 7.81. The normalized spacial score (nSPS) is 12.8. The predicted octanol–water partition coefficient (Wildman–Crippen LogP) is 4.10.